The van der Waals surface area contributed by atoms with Crippen molar-refractivity contribution in [3.05, 3.63) is 65.2 Å². The van der Waals surface area contributed by atoms with Gasteiger partial charge in [-0.05, 0) is 49.9 Å². The van der Waals surface area contributed by atoms with Crippen molar-refractivity contribution >= 4 is 23.4 Å². The van der Waals surface area contributed by atoms with Crippen molar-refractivity contribution < 1.29 is 19.1 Å². The van der Waals surface area contributed by atoms with E-state index in [4.69, 9.17) is 4.74 Å². The molecule has 2 aliphatic heterocycles. The number of amides is 3. The van der Waals surface area contributed by atoms with E-state index < -0.39 is 6.04 Å². The van der Waals surface area contributed by atoms with Gasteiger partial charge in [0.25, 0.3) is 11.8 Å². The highest BCUT2D eigenvalue weighted by Crippen LogP contribution is 2.33. The third kappa shape index (κ3) is 4.39. The number of carbonyl (C=O) groups excluding carboxylic acids is 3. The second kappa shape index (κ2) is 9.96. The summed E-state index contributed by atoms with van der Waals surface area (Å²) in [4.78, 5) is 42.8. The number of nitrogens with one attached hydrogen (secondary N) is 1. The maximum Gasteiger partial charge on any atom is 0.256 e. The van der Waals surface area contributed by atoms with Crippen LogP contribution in [0.1, 0.15) is 52.5 Å². The Labute approximate surface area is 188 Å². The van der Waals surface area contributed by atoms with Crippen LogP contribution in [-0.2, 0) is 16.1 Å². The maximum absolute atomic E-state index is 13.5. The predicted molar refractivity (Wildman–Crippen MR) is 122 cm³/mol. The van der Waals surface area contributed by atoms with Crippen LogP contribution in [0.15, 0.2) is 48.5 Å². The van der Waals surface area contributed by atoms with E-state index in [-0.39, 0.29) is 24.3 Å². The summed E-state index contributed by atoms with van der Waals surface area (Å²) < 4.78 is 5.32. The molecule has 0 bridgehead atoms. The smallest absolute Gasteiger partial charge is 0.256 e. The second-order valence-corrected chi connectivity index (χ2v) is 8.06. The van der Waals surface area contributed by atoms with Gasteiger partial charge in [0.15, 0.2) is 0 Å². The van der Waals surface area contributed by atoms with Crippen molar-refractivity contribution in [2.45, 2.75) is 38.8 Å². The van der Waals surface area contributed by atoms with E-state index in [9.17, 15) is 14.4 Å². The molecule has 0 saturated carbocycles. The second-order valence-electron chi connectivity index (χ2n) is 8.06. The molecule has 2 heterocycles. The van der Waals surface area contributed by atoms with E-state index in [0.29, 0.717) is 49.5 Å². The van der Waals surface area contributed by atoms with Crippen LogP contribution < -0.4 is 10.2 Å². The number of nitrogens with zero attached hydrogens (tertiary/aromatic N) is 2. The molecule has 1 unspecified atom stereocenters. The van der Waals surface area contributed by atoms with Crippen LogP contribution in [0.25, 0.3) is 0 Å². The first-order valence-corrected chi connectivity index (χ1v) is 11.3. The summed E-state index contributed by atoms with van der Waals surface area (Å²) in [6.45, 7) is 4.54. The third-order valence-corrected chi connectivity index (χ3v) is 6.04. The van der Waals surface area contributed by atoms with E-state index in [2.05, 4.69) is 5.32 Å². The molecule has 1 N–H and O–H groups in total. The van der Waals surface area contributed by atoms with E-state index in [1.807, 2.05) is 43.3 Å². The largest absolute Gasteiger partial charge is 0.382 e. The molecule has 168 valence electrons. The zero-order valence-electron chi connectivity index (χ0n) is 18.4. The summed E-state index contributed by atoms with van der Waals surface area (Å²) in [6, 6.07) is 14.1. The molecule has 1 fully saturated rings. The van der Waals surface area contributed by atoms with Gasteiger partial charge in [0.1, 0.15) is 6.04 Å². The fourth-order valence-electron chi connectivity index (χ4n) is 4.44. The van der Waals surface area contributed by atoms with Gasteiger partial charge in [0.05, 0.1) is 17.8 Å². The molecular formula is C25H29N3O4. The Morgan fingerprint density at radius 1 is 1.12 bits per heavy atom. The Hall–Kier alpha value is -3.19. The van der Waals surface area contributed by atoms with Crippen LogP contribution in [0, 0.1) is 0 Å². The first-order chi connectivity index (χ1) is 15.6. The molecule has 0 aliphatic carbocycles. The van der Waals surface area contributed by atoms with Gasteiger partial charge in [-0.15, -0.1) is 0 Å². The Balaban J connectivity index is 1.59. The minimum Gasteiger partial charge on any atom is -0.382 e. The van der Waals surface area contributed by atoms with Crippen LogP contribution in [0.2, 0.25) is 0 Å². The number of rotatable bonds is 8. The molecule has 0 radical (unpaired) electrons. The summed E-state index contributed by atoms with van der Waals surface area (Å²) in [5.41, 5.74) is 2.41. The lowest BCUT2D eigenvalue weighted by Gasteiger charge is -2.26. The number of hydrogen-bond donors (Lipinski definition) is 1. The fraction of sp³-hybridized carbons (Fsp3) is 0.400. The van der Waals surface area contributed by atoms with E-state index in [1.165, 1.54) is 0 Å². The lowest BCUT2D eigenvalue weighted by molar-refractivity contribution is -0.122. The average Bonchev–Trinajstić information content (AvgIpc) is 3.29. The summed E-state index contributed by atoms with van der Waals surface area (Å²) in [6.07, 6.45) is 2.22. The average molecular weight is 436 g/mol. The van der Waals surface area contributed by atoms with Crippen molar-refractivity contribution in [3.63, 3.8) is 0 Å². The predicted octanol–water partition coefficient (Wildman–Crippen LogP) is 2.99. The molecule has 7 nitrogen and oxygen atoms in total. The van der Waals surface area contributed by atoms with Gasteiger partial charge in [-0.1, -0.05) is 30.3 Å². The van der Waals surface area contributed by atoms with Crippen molar-refractivity contribution in [1.82, 2.24) is 10.2 Å². The van der Waals surface area contributed by atoms with Crippen molar-refractivity contribution in [1.29, 1.82) is 0 Å². The molecule has 2 aromatic carbocycles. The number of fused-ring (bicyclic) bond motifs is 2. The molecule has 2 aliphatic rings. The zero-order valence-corrected chi connectivity index (χ0v) is 18.4. The molecule has 7 heteroatoms. The Morgan fingerprint density at radius 2 is 1.91 bits per heavy atom. The third-order valence-electron chi connectivity index (χ3n) is 6.04. The number of anilines is 1. The van der Waals surface area contributed by atoms with E-state index in [1.54, 1.807) is 21.9 Å². The summed E-state index contributed by atoms with van der Waals surface area (Å²) >= 11 is 0. The molecule has 2 aromatic rings. The highest BCUT2D eigenvalue weighted by Gasteiger charge is 2.42. The van der Waals surface area contributed by atoms with Gasteiger partial charge in [0, 0.05) is 31.9 Å². The first kappa shape index (κ1) is 22.0. The van der Waals surface area contributed by atoms with Gasteiger partial charge < -0.3 is 19.9 Å². The van der Waals surface area contributed by atoms with E-state index >= 15 is 0 Å². The summed E-state index contributed by atoms with van der Waals surface area (Å²) in [7, 11) is 0. The SMILES string of the molecule is CCOCCCNC(=O)c1ccccc1CN1C(=O)C2CCCN2C(=O)c2ccccc21. The highest BCUT2D eigenvalue weighted by molar-refractivity contribution is 6.11. The topological polar surface area (TPSA) is 79.0 Å². The zero-order chi connectivity index (χ0) is 22.5. The van der Waals surface area contributed by atoms with Gasteiger partial charge in [-0.25, -0.2) is 0 Å². The molecule has 1 atom stereocenters. The molecule has 0 spiro atoms. The Bertz CT molecular complexity index is 1010. The van der Waals surface area contributed by atoms with Crippen molar-refractivity contribution in [3.8, 4) is 0 Å². The quantitative estimate of drug-likeness (QED) is 0.647. The number of para-hydroxylation sites is 1. The Kier molecular flexibility index (Phi) is 6.85. The van der Waals surface area contributed by atoms with Crippen LogP contribution in [0.4, 0.5) is 5.69 Å². The highest BCUT2D eigenvalue weighted by atomic mass is 16.5. The van der Waals surface area contributed by atoms with Crippen LogP contribution >= 0.6 is 0 Å². The molecule has 0 aromatic heterocycles. The van der Waals surface area contributed by atoms with Crippen molar-refractivity contribution in [2.24, 2.45) is 0 Å². The molecule has 4 rings (SSSR count). The summed E-state index contributed by atoms with van der Waals surface area (Å²) in [5, 5.41) is 2.94. The number of benzene rings is 2. The lowest BCUT2D eigenvalue weighted by atomic mass is 10.0. The van der Waals surface area contributed by atoms with E-state index in [0.717, 1.165) is 18.4 Å². The lowest BCUT2D eigenvalue weighted by Crippen LogP contribution is -2.44. The molecular weight excluding hydrogens is 406 g/mol. The number of ether oxygens (including phenoxy) is 1. The normalized spacial score (nSPS) is 17.7. The number of hydrogen-bond acceptors (Lipinski definition) is 4. The van der Waals surface area contributed by atoms with Gasteiger partial charge in [-0.3, -0.25) is 14.4 Å². The van der Waals surface area contributed by atoms with Gasteiger partial charge >= 0.3 is 0 Å². The van der Waals surface area contributed by atoms with Crippen LogP contribution in [0.3, 0.4) is 0 Å². The molecule has 3 amide bonds. The monoisotopic (exact) mass is 435 g/mol. The molecule has 1 saturated heterocycles. The Morgan fingerprint density at radius 3 is 2.75 bits per heavy atom. The van der Waals surface area contributed by atoms with Crippen molar-refractivity contribution in [2.75, 3.05) is 31.2 Å². The van der Waals surface area contributed by atoms with Crippen LogP contribution in [0.5, 0.6) is 0 Å². The van der Waals surface area contributed by atoms with Gasteiger partial charge in [-0.2, -0.15) is 0 Å². The standard InChI is InChI=1S/C25H29N3O4/c1-2-32-16-8-14-26-23(29)19-10-4-3-9-18(19)17-28-21-12-6-5-11-20(21)24(30)27-15-7-13-22(27)25(28)31/h3-6,9-12,22H,2,7-8,13-17H2,1H3,(H,26,29). The van der Waals surface area contributed by atoms with Crippen LogP contribution in [-0.4, -0.2) is 55.0 Å². The number of carbonyl (C=O) groups is 3. The first-order valence-electron chi connectivity index (χ1n) is 11.3. The minimum absolute atomic E-state index is 0.0901. The fourth-order valence-corrected chi connectivity index (χ4v) is 4.44. The molecule has 32 heavy (non-hydrogen) atoms. The summed E-state index contributed by atoms with van der Waals surface area (Å²) in [5.74, 6) is -0.363. The minimum atomic E-state index is -0.450. The maximum atomic E-state index is 13.5. The van der Waals surface area contributed by atoms with Gasteiger partial charge in [0.2, 0.25) is 5.91 Å².